The molecule has 1 aromatic heterocycles. The molecule has 3 aromatic rings. The molecule has 0 aliphatic carbocycles. The minimum absolute atomic E-state index is 0.0914. The van der Waals surface area contributed by atoms with Crippen molar-refractivity contribution in [2.75, 3.05) is 13.7 Å². The third-order valence-corrected chi connectivity index (χ3v) is 3.42. The fourth-order valence-corrected chi connectivity index (χ4v) is 2.28. The number of aromatic nitrogens is 2. The summed E-state index contributed by atoms with van der Waals surface area (Å²) in [7, 11) is -2.76. The van der Waals surface area contributed by atoms with Crippen molar-refractivity contribution in [2.45, 2.75) is 6.92 Å². The van der Waals surface area contributed by atoms with Crippen LogP contribution in [0.15, 0.2) is 42.5 Å². The Morgan fingerprint density at radius 2 is 1.83 bits per heavy atom. The molecule has 0 amide bonds. The molecular weight excluding hydrogens is 320 g/mol. The summed E-state index contributed by atoms with van der Waals surface area (Å²) < 4.78 is 37.3. The number of ether oxygens (including phenoxy) is 1. The third-order valence-electron chi connectivity index (χ3n) is 2.89. The molecule has 1 heterocycles. The second-order valence-corrected chi connectivity index (χ2v) is 5.48. The van der Waals surface area contributed by atoms with Crippen molar-refractivity contribution in [2.24, 2.45) is 0 Å². The fraction of sp³-hybridized carbons (Fsp3) is 0.200. The minimum atomic E-state index is -4.42. The maximum atomic E-state index is 9.45. The number of H-pyrrole nitrogens is 1. The van der Waals surface area contributed by atoms with Crippen LogP contribution in [0.4, 0.5) is 0 Å². The van der Waals surface area contributed by atoms with E-state index >= 15 is 0 Å². The quantitative estimate of drug-likeness (QED) is 0.410. The number of benzene rings is 2. The van der Waals surface area contributed by atoms with Crippen molar-refractivity contribution in [1.29, 1.82) is 0 Å². The van der Waals surface area contributed by atoms with E-state index < -0.39 is 10.4 Å². The molecule has 1 N–H and O–H groups in total. The van der Waals surface area contributed by atoms with E-state index in [2.05, 4.69) is 14.2 Å². The van der Waals surface area contributed by atoms with E-state index in [-0.39, 0.29) is 6.61 Å². The van der Waals surface area contributed by atoms with Crippen molar-refractivity contribution < 1.29 is 26.9 Å². The number of hydrogen-bond donors (Lipinski definition) is 0. The van der Waals surface area contributed by atoms with E-state index in [0.29, 0.717) is 0 Å². The van der Waals surface area contributed by atoms with Gasteiger partial charge in [0.2, 0.25) is 15.9 Å². The van der Waals surface area contributed by atoms with Crippen molar-refractivity contribution in [1.82, 2.24) is 4.98 Å². The molecule has 0 aliphatic rings. The number of nitrogens with zero attached hydrogens (tertiary/aromatic N) is 1. The summed E-state index contributed by atoms with van der Waals surface area (Å²) >= 11 is 0. The van der Waals surface area contributed by atoms with Gasteiger partial charge in [-0.1, -0.05) is 18.2 Å². The molecule has 3 rings (SSSR count). The Balaban J connectivity index is 0.000000236. The minimum Gasteiger partial charge on any atom is -0.726 e. The first-order valence-corrected chi connectivity index (χ1v) is 8.13. The molecular formula is C15H16N2O5S. The molecule has 0 unspecified atom stereocenters. The molecule has 0 aliphatic heterocycles. The van der Waals surface area contributed by atoms with Crippen LogP contribution in [0.5, 0.6) is 5.75 Å². The van der Waals surface area contributed by atoms with Gasteiger partial charge in [-0.15, -0.1) is 0 Å². The van der Waals surface area contributed by atoms with Crippen LogP contribution in [-0.4, -0.2) is 31.7 Å². The number of methoxy groups -OCH3 is 1. The van der Waals surface area contributed by atoms with Gasteiger partial charge in [0.1, 0.15) is 11.0 Å². The van der Waals surface area contributed by atoms with E-state index in [4.69, 9.17) is 4.74 Å². The first kappa shape index (κ1) is 17.1. The first-order chi connectivity index (χ1) is 10.9. The molecule has 0 atom stereocenters. The maximum absolute atomic E-state index is 9.45. The summed E-state index contributed by atoms with van der Waals surface area (Å²) in [6.07, 6.45) is 0. The number of rotatable bonds is 3. The van der Waals surface area contributed by atoms with Crippen LogP contribution in [0.1, 0.15) is 6.92 Å². The van der Waals surface area contributed by atoms with E-state index in [1.807, 2.05) is 42.5 Å². The van der Waals surface area contributed by atoms with Gasteiger partial charge in [0.25, 0.3) is 5.52 Å². The van der Waals surface area contributed by atoms with E-state index in [9.17, 15) is 13.0 Å². The second kappa shape index (κ2) is 7.32. The zero-order valence-corrected chi connectivity index (χ0v) is 13.5. The molecule has 0 bridgehead atoms. The van der Waals surface area contributed by atoms with Gasteiger partial charge in [-0.25, -0.2) is 13.4 Å². The van der Waals surface area contributed by atoms with Crippen LogP contribution in [0.25, 0.3) is 22.1 Å². The van der Waals surface area contributed by atoms with E-state index in [1.54, 1.807) is 7.11 Å². The Morgan fingerprint density at radius 3 is 2.43 bits per heavy atom. The summed E-state index contributed by atoms with van der Waals surface area (Å²) in [5.41, 5.74) is 3.82. The Labute approximate surface area is 133 Å². The van der Waals surface area contributed by atoms with Crippen LogP contribution in [0.2, 0.25) is 0 Å². The average molecular weight is 336 g/mol. The molecule has 0 saturated heterocycles. The molecule has 0 radical (unpaired) electrons. The first-order valence-electron chi connectivity index (χ1n) is 6.79. The Kier molecular flexibility index (Phi) is 5.43. The molecule has 2 aromatic carbocycles. The molecule has 122 valence electrons. The standard InChI is InChI=1S/C13H10N2O.C2H6O4S/c1-16-12-8-4-7-11-13(12)15-10-6-3-2-5-9(10)14-11;1-2-6-7(3,4)5/h2-8H,1H3;2H2,1H3,(H,3,4,5). The lowest BCUT2D eigenvalue weighted by Gasteiger charge is -2.02. The van der Waals surface area contributed by atoms with E-state index in [0.717, 1.165) is 27.8 Å². The van der Waals surface area contributed by atoms with Crippen molar-refractivity contribution in [3.63, 3.8) is 0 Å². The van der Waals surface area contributed by atoms with Crippen LogP contribution in [0.3, 0.4) is 0 Å². The van der Waals surface area contributed by atoms with Gasteiger partial charge >= 0.3 is 0 Å². The van der Waals surface area contributed by atoms with Crippen LogP contribution < -0.4 is 9.72 Å². The summed E-state index contributed by atoms with van der Waals surface area (Å²) in [4.78, 5) is 7.92. The van der Waals surface area contributed by atoms with Crippen LogP contribution in [0, 0.1) is 0 Å². The lowest BCUT2D eigenvalue weighted by molar-refractivity contribution is -0.311. The lowest BCUT2D eigenvalue weighted by Crippen LogP contribution is -2.08. The monoisotopic (exact) mass is 336 g/mol. The van der Waals surface area contributed by atoms with Crippen LogP contribution in [-0.2, 0) is 14.6 Å². The van der Waals surface area contributed by atoms with Gasteiger partial charge in [0, 0.05) is 6.07 Å². The van der Waals surface area contributed by atoms with Gasteiger partial charge in [-0.05, 0) is 25.1 Å². The number of aromatic amines is 1. The second-order valence-electron chi connectivity index (χ2n) is 4.42. The molecule has 0 saturated carbocycles. The van der Waals surface area contributed by atoms with Crippen molar-refractivity contribution in [3.05, 3.63) is 42.5 Å². The van der Waals surface area contributed by atoms with Gasteiger partial charge in [-0.3, -0.25) is 4.18 Å². The predicted molar refractivity (Wildman–Crippen MR) is 83.7 cm³/mol. The van der Waals surface area contributed by atoms with Crippen molar-refractivity contribution in [3.8, 4) is 5.75 Å². The zero-order chi connectivity index (χ0) is 16.9. The molecule has 0 fully saturated rings. The highest BCUT2D eigenvalue weighted by atomic mass is 32.3. The SMILES string of the molecule is CCOS(=O)(=O)[O-].COc1cccc2nc3ccccc3[nH+]c12. The maximum Gasteiger partial charge on any atom is 0.272 e. The summed E-state index contributed by atoms with van der Waals surface area (Å²) in [5, 5.41) is 0. The topological polar surface area (TPSA) is 103 Å². The Morgan fingerprint density at radius 1 is 1.13 bits per heavy atom. The zero-order valence-electron chi connectivity index (χ0n) is 12.6. The number of para-hydroxylation sites is 3. The van der Waals surface area contributed by atoms with Crippen molar-refractivity contribution >= 4 is 32.5 Å². The lowest BCUT2D eigenvalue weighted by atomic mass is 10.2. The number of hydrogen-bond acceptors (Lipinski definition) is 6. The highest BCUT2D eigenvalue weighted by Gasteiger charge is 2.11. The largest absolute Gasteiger partial charge is 0.726 e. The summed E-state index contributed by atoms with van der Waals surface area (Å²) in [6, 6.07) is 13.8. The summed E-state index contributed by atoms with van der Waals surface area (Å²) in [6.45, 7) is 1.33. The van der Waals surface area contributed by atoms with E-state index in [1.165, 1.54) is 6.92 Å². The van der Waals surface area contributed by atoms with Crippen LogP contribution >= 0.6 is 0 Å². The fourth-order valence-electron chi connectivity index (χ4n) is 1.99. The van der Waals surface area contributed by atoms with Gasteiger partial charge in [0.05, 0.1) is 13.7 Å². The van der Waals surface area contributed by atoms with Gasteiger partial charge < -0.3 is 9.29 Å². The molecule has 0 spiro atoms. The predicted octanol–water partition coefficient (Wildman–Crippen LogP) is 1.69. The highest BCUT2D eigenvalue weighted by molar-refractivity contribution is 7.80. The number of fused-ring (bicyclic) bond motifs is 2. The summed E-state index contributed by atoms with van der Waals surface area (Å²) in [5.74, 6) is 0.816. The average Bonchev–Trinajstić information content (AvgIpc) is 2.51. The molecule has 7 nitrogen and oxygen atoms in total. The Hall–Kier alpha value is -2.29. The third kappa shape index (κ3) is 4.59. The normalized spacial score (nSPS) is 11.1. The van der Waals surface area contributed by atoms with Gasteiger partial charge in [-0.2, -0.15) is 4.98 Å². The molecule has 8 heteroatoms. The van der Waals surface area contributed by atoms with Gasteiger partial charge in [0.15, 0.2) is 5.75 Å². The highest BCUT2D eigenvalue weighted by Crippen LogP contribution is 2.21. The number of nitrogens with one attached hydrogen (secondary N) is 1. The smallest absolute Gasteiger partial charge is 0.272 e. The Bertz CT molecular complexity index is 912. The molecule has 23 heavy (non-hydrogen) atoms.